The zero-order valence-corrected chi connectivity index (χ0v) is 46.6. The topological polar surface area (TPSA) is 163 Å². The zero-order chi connectivity index (χ0) is 55.6. The van der Waals surface area contributed by atoms with Crippen LogP contribution in [0.1, 0.15) is 107 Å². The first-order chi connectivity index (χ1) is 38.0. The molecule has 0 radical (unpaired) electrons. The molecule has 4 aliphatic rings. The van der Waals surface area contributed by atoms with Crippen molar-refractivity contribution in [3.8, 4) is 28.4 Å². The minimum Gasteiger partial charge on any atom is -0.507 e. The van der Waals surface area contributed by atoms with Crippen molar-refractivity contribution >= 4 is 74.8 Å². The molecule has 6 heterocycles. The fourth-order valence-electron chi connectivity index (χ4n) is 12.1. The van der Waals surface area contributed by atoms with Gasteiger partial charge in [0.05, 0.1) is 49.1 Å². The number of aryl methyl sites for hydroxylation is 2. The molecule has 7 aromatic rings. The largest absolute Gasteiger partial charge is 0.507 e. The van der Waals surface area contributed by atoms with Gasteiger partial charge in [-0.25, -0.2) is 33.1 Å². The Morgan fingerprint density at radius 1 is 0.759 bits per heavy atom. The molecule has 2 aliphatic heterocycles. The van der Waals surface area contributed by atoms with E-state index in [1.165, 1.54) is 28.8 Å². The lowest BCUT2D eigenvalue weighted by Gasteiger charge is -2.40. The van der Waals surface area contributed by atoms with Crippen LogP contribution in [0.4, 0.5) is 16.0 Å². The summed E-state index contributed by atoms with van der Waals surface area (Å²) in [6, 6.07) is 18.7. The van der Waals surface area contributed by atoms with Crippen LogP contribution in [0, 0.1) is 5.82 Å². The lowest BCUT2D eigenvalue weighted by Crippen LogP contribution is -2.54. The Labute approximate surface area is 467 Å². The molecule has 4 fully saturated rings. The second-order valence-corrected chi connectivity index (χ2v) is 22.6. The highest BCUT2D eigenvalue weighted by Crippen LogP contribution is 2.50. The number of para-hydroxylation sites is 1. The van der Waals surface area contributed by atoms with Gasteiger partial charge in [-0.2, -0.15) is 9.97 Å². The molecule has 2 saturated heterocycles. The summed E-state index contributed by atoms with van der Waals surface area (Å²) in [5, 5.41) is 12.6. The third-order valence-electron chi connectivity index (χ3n) is 16.7. The Bertz CT molecular complexity index is 3750. The van der Waals surface area contributed by atoms with Crippen LogP contribution in [0.3, 0.4) is 0 Å². The summed E-state index contributed by atoms with van der Waals surface area (Å²) in [5.74, 6) is -0.481. The SMILES string of the molecule is C=CC(=O)N1CCN(c2nc(=O)n(-c3ccc(/C=C\C(=O)N4CCN(c5nc(=O)n(-c6c(CC)cccc6CC)c6nc(C7CCCC7)c(Cl)cc56)[C@@H](C)C4)cc3C3(C)CC3)c3nc(-c4c(O)cccc4F)c(Cl)cc23)[C@@H](C)C1. The zero-order valence-electron chi connectivity index (χ0n) is 45.1. The van der Waals surface area contributed by atoms with Crippen LogP contribution in [0.5, 0.6) is 5.75 Å². The Morgan fingerprint density at radius 2 is 1.34 bits per heavy atom. The van der Waals surface area contributed by atoms with E-state index >= 15 is 4.39 Å². The van der Waals surface area contributed by atoms with E-state index in [0.29, 0.717) is 78.0 Å². The van der Waals surface area contributed by atoms with E-state index in [1.54, 1.807) is 32.6 Å². The number of pyridine rings is 2. The number of carbonyl (C=O) groups excluding carboxylic acids is 2. The Balaban J connectivity index is 0.915. The number of halogens is 3. The van der Waals surface area contributed by atoms with E-state index in [9.17, 15) is 24.3 Å². The van der Waals surface area contributed by atoms with Gasteiger partial charge in [-0.3, -0.25) is 9.59 Å². The molecule has 2 amide bonds. The van der Waals surface area contributed by atoms with Crippen LogP contribution >= 0.6 is 23.2 Å². The molecule has 15 nitrogen and oxygen atoms in total. The molecular weight excluding hydrogens is 1040 g/mol. The predicted octanol–water partition coefficient (Wildman–Crippen LogP) is 10.5. The molecule has 408 valence electrons. The molecule has 0 spiro atoms. The minimum atomic E-state index is -0.746. The molecule has 4 aromatic heterocycles. The summed E-state index contributed by atoms with van der Waals surface area (Å²) in [7, 11) is 0. The summed E-state index contributed by atoms with van der Waals surface area (Å²) in [6.07, 6.45) is 11.9. The molecule has 2 aliphatic carbocycles. The van der Waals surface area contributed by atoms with Crippen LogP contribution in [-0.2, 0) is 27.8 Å². The minimum absolute atomic E-state index is 0.0361. The highest BCUT2D eigenvalue weighted by molar-refractivity contribution is 6.34. The van der Waals surface area contributed by atoms with Gasteiger partial charge in [-0.15, -0.1) is 0 Å². The number of hydrogen-bond acceptors (Lipinski definition) is 11. The number of piperazine rings is 2. The molecule has 2 saturated carbocycles. The van der Waals surface area contributed by atoms with Crippen LogP contribution in [0.25, 0.3) is 50.8 Å². The van der Waals surface area contributed by atoms with Crippen molar-refractivity contribution in [1.29, 1.82) is 0 Å². The number of carbonyl (C=O) groups is 2. The average molecular weight is 1110 g/mol. The second-order valence-electron chi connectivity index (χ2n) is 21.8. The summed E-state index contributed by atoms with van der Waals surface area (Å²) in [4.78, 5) is 83.3. The van der Waals surface area contributed by atoms with Crippen LogP contribution in [0.15, 0.2) is 95.1 Å². The summed E-state index contributed by atoms with van der Waals surface area (Å²) < 4.78 is 18.7. The third-order valence-corrected chi connectivity index (χ3v) is 17.3. The fraction of sp³-hybridized carbons (Fsp3) is 0.377. The van der Waals surface area contributed by atoms with E-state index < -0.39 is 17.2 Å². The van der Waals surface area contributed by atoms with Gasteiger partial charge in [0.15, 0.2) is 11.3 Å². The van der Waals surface area contributed by atoms with Crippen LogP contribution in [-0.4, -0.2) is 107 Å². The maximum Gasteiger partial charge on any atom is 0.355 e. The van der Waals surface area contributed by atoms with Gasteiger partial charge in [0, 0.05) is 63.3 Å². The molecule has 3 aromatic carbocycles. The predicted molar refractivity (Wildman–Crippen MR) is 310 cm³/mol. The number of aromatic nitrogens is 6. The van der Waals surface area contributed by atoms with Gasteiger partial charge in [0.1, 0.15) is 23.2 Å². The summed E-state index contributed by atoms with van der Waals surface area (Å²) in [6.45, 7) is 16.1. The van der Waals surface area contributed by atoms with Gasteiger partial charge in [-0.05, 0) is 129 Å². The number of phenolic OH excluding ortho intramolecular Hbond substituents is 1. The molecule has 11 rings (SSSR count). The number of nitrogens with zero attached hydrogens (tertiary/aromatic N) is 10. The number of amides is 2. The van der Waals surface area contributed by atoms with Crippen molar-refractivity contribution in [3.63, 3.8) is 0 Å². The highest BCUT2D eigenvalue weighted by atomic mass is 35.5. The molecule has 79 heavy (non-hydrogen) atoms. The first-order valence-electron chi connectivity index (χ1n) is 27.4. The van der Waals surface area contributed by atoms with E-state index in [-0.39, 0.29) is 62.9 Å². The Kier molecular flexibility index (Phi) is 14.5. The number of anilines is 2. The van der Waals surface area contributed by atoms with Gasteiger partial charge in [-0.1, -0.05) is 93.7 Å². The normalized spacial score (nSPS) is 18.6. The molecule has 2 atom stereocenters. The number of rotatable bonds is 12. The first-order valence-corrected chi connectivity index (χ1v) is 28.2. The van der Waals surface area contributed by atoms with Crippen molar-refractivity contribution in [2.45, 2.75) is 109 Å². The number of aromatic hydroxyl groups is 1. The average Bonchev–Trinajstić information content (AvgIpc) is 4.13. The number of fused-ring (bicyclic) bond motifs is 2. The Morgan fingerprint density at radius 3 is 1.92 bits per heavy atom. The van der Waals surface area contributed by atoms with Crippen molar-refractivity contribution in [1.82, 2.24) is 38.9 Å². The van der Waals surface area contributed by atoms with E-state index in [2.05, 4.69) is 49.4 Å². The maximum atomic E-state index is 15.6. The number of phenols is 1. The van der Waals surface area contributed by atoms with E-state index in [0.717, 1.165) is 85.0 Å². The fourth-order valence-corrected chi connectivity index (χ4v) is 12.7. The molecular formula is C61H63Cl2FN10O5. The van der Waals surface area contributed by atoms with Gasteiger partial charge < -0.3 is 24.7 Å². The molecule has 1 N–H and O–H groups in total. The van der Waals surface area contributed by atoms with Gasteiger partial charge >= 0.3 is 11.4 Å². The van der Waals surface area contributed by atoms with Crippen molar-refractivity contribution in [2.75, 3.05) is 49.1 Å². The van der Waals surface area contributed by atoms with E-state index in [4.69, 9.17) is 38.2 Å². The first kappa shape index (κ1) is 53.6. The van der Waals surface area contributed by atoms with Crippen LogP contribution in [0.2, 0.25) is 10.0 Å². The standard InChI is InChI=1S/C61H63Cl2FN10O5/c1-7-38-16-12-17-39(8-2)54(38)74-58-42(31-44(62)52(65-58)40-14-10-11-15-40)56(68-60(74)79)72-29-27-70(34-36(72)5)50(77)23-21-37-20-22-47(43(30-37)61(6)24-25-61)73-57-41(32-45(63)53(66-57)51-46(64)18-13-19-48(51)75)55(67-59(73)78)71-28-26-69(33-35(71)4)49(76)9-3/h9,12-13,16-23,30-32,35-36,40,75H,3,7-8,10-11,14-15,24-29,33-34H2,1-2,4-6H3/b23-21-/t35-,36-/m0/s1. The summed E-state index contributed by atoms with van der Waals surface area (Å²) in [5.41, 5.74) is 4.83. The summed E-state index contributed by atoms with van der Waals surface area (Å²) >= 11 is 14.1. The Hall–Kier alpha value is -7.43. The van der Waals surface area contributed by atoms with Gasteiger partial charge in [0.2, 0.25) is 11.8 Å². The molecule has 18 heteroatoms. The maximum absolute atomic E-state index is 15.6. The number of benzene rings is 3. The lowest BCUT2D eigenvalue weighted by molar-refractivity contribution is -0.127. The smallest absolute Gasteiger partial charge is 0.355 e. The van der Waals surface area contributed by atoms with Crippen molar-refractivity contribution in [2.24, 2.45) is 0 Å². The number of hydrogen-bond donors (Lipinski definition) is 1. The van der Waals surface area contributed by atoms with Crippen molar-refractivity contribution < 1.29 is 19.1 Å². The quantitative estimate of drug-likeness (QED) is 0.116. The second kappa shape index (κ2) is 21.3. The van der Waals surface area contributed by atoms with Crippen LogP contribution < -0.4 is 21.2 Å². The monoisotopic (exact) mass is 1100 g/mol. The third kappa shape index (κ3) is 9.74. The molecule has 0 bridgehead atoms. The lowest BCUT2D eigenvalue weighted by atomic mass is 9.94. The van der Waals surface area contributed by atoms with Crippen molar-refractivity contribution in [3.05, 3.63) is 150 Å². The molecule has 0 unspecified atom stereocenters. The van der Waals surface area contributed by atoms with E-state index in [1.807, 2.05) is 49.1 Å². The van der Waals surface area contributed by atoms with Gasteiger partial charge in [0.25, 0.3) is 0 Å². The highest BCUT2D eigenvalue weighted by Gasteiger charge is 2.42.